The summed E-state index contributed by atoms with van der Waals surface area (Å²) in [5, 5.41) is 9.89. The zero-order chi connectivity index (χ0) is 27.6. The average Bonchev–Trinajstić information content (AvgIpc) is 3.03. The molecule has 1 aliphatic heterocycles. The van der Waals surface area contributed by atoms with E-state index in [1.165, 1.54) is 0 Å². The van der Waals surface area contributed by atoms with Crippen molar-refractivity contribution in [3.05, 3.63) is 75.2 Å². The number of nitrogens with zero attached hydrogens (tertiary/aromatic N) is 4. The van der Waals surface area contributed by atoms with Crippen LogP contribution < -0.4 is 15.9 Å². The molecule has 0 saturated heterocycles. The van der Waals surface area contributed by atoms with E-state index in [2.05, 4.69) is 4.98 Å². The van der Waals surface area contributed by atoms with E-state index in [4.69, 9.17) is 17.4 Å². The molecule has 1 unspecified atom stereocenters. The number of hydrogen-bond donors (Lipinski definition) is 3. The number of anilines is 2. The summed E-state index contributed by atoms with van der Waals surface area (Å²) in [7, 11) is 0. The highest BCUT2D eigenvalue weighted by atomic mass is 35.5. The first-order valence-corrected chi connectivity index (χ1v) is 13.2. The number of allylic oxidation sites excluding steroid dienone is 3. The van der Waals surface area contributed by atoms with Gasteiger partial charge in [0.05, 0.1) is 16.4 Å². The zero-order valence-electron chi connectivity index (χ0n) is 21.9. The van der Waals surface area contributed by atoms with Gasteiger partial charge in [-0.25, -0.2) is 4.98 Å². The predicted octanol–water partition coefficient (Wildman–Crippen LogP) is 4.84. The van der Waals surface area contributed by atoms with Crippen molar-refractivity contribution in [2.45, 2.75) is 59.3 Å². The van der Waals surface area contributed by atoms with Gasteiger partial charge in [-0.2, -0.15) is 18.4 Å². The van der Waals surface area contributed by atoms with Gasteiger partial charge < -0.3 is 9.47 Å². The Bertz CT molecular complexity index is 1240. The molecule has 1 aliphatic carbocycles. The fourth-order valence-corrected chi connectivity index (χ4v) is 5.64. The standard InChI is InChI=1S/C27H34ClF3N6O/c1-4-11-34(16-20-7-5-8-21(10-9-20)37(32)38)17-23-25(27(29,30)31)33-26-35(23)12-6-13-36(26)24-19(3)14-18(2)15-22(24)28/h5,7,9-10,14-15,38H,4,6,8,11-13,16-17,32H2,1-3H3/p+1. The van der Waals surface area contributed by atoms with E-state index in [1.807, 2.05) is 60.9 Å². The second-order valence-electron chi connectivity index (χ2n) is 9.91. The Morgan fingerprint density at radius 2 is 1.95 bits per heavy atom. The lowest BCUT2D eigenvalue weighted by Crippen LogP contribution is -3.13. The third-order valence-corrected chi connectivity index (χ3v) is 7.10. The number of aromatic nitrogens is 2. The Labute approximate surface area is 226 Å². The van der Waals surface area contributed by atoms with E-state index in [1.54, 1.807) is 10.6 Å². The molecule has 4 N–H and O–H groups in total. The van der Waals surface area contributed by atoms with Crippen LogP contribution in [0, 0.1) is 13.8 Å². The van der Waals surface area contributed by atoms with Crippen LogP contribution in [-0.2, 0) is 19.3 Å². The molecule has 2 aromatic rings. The van der Waals surface area contributed by atoms with Gasteiger partial charge in [-0.3, -0.25) is 4.90 Å². The van der Waals surface area contributed by atoms with Crippen molar-refractivity contribution >= 4 is 23.2 Å². The number of alkyl halides is 3. The zero-order valence-corrected chi connectivity index (χ0v) is 22.7. The molecule has 0 spiro atoms. The van der Waals surface area contributed by atoms with Crippen LogP contribution in [0.4, 0.5) is 24.8 Å². The Balaban J connectivity index is 1.72. The van der Waals surface area contributed by atoms with Crippen molar-refractivity contribution in [1.82, 2.24) is 14.5 Å². The normalized spacial score (nSPS) is 16.8. The van der Waals surface area contributed by atoms with Crippen LogP contribution in [-0.4, -0.2) is 39.3 Å². The average molecular weight is 552 g/mol. The van der Waals surface area contributed by atoms with E-state index in [0.717, 1.165) is 23.1 Å². The van der Waals surface area contributed by atoms with E-state index < -0.39 is 11.9 Å². The fourth-order valence-electron chi connectivity index (χ4n) is 5.21. The molecule has 0 amide bonds. The van der Waals surface area contributed by atoms with Gasteiger partial charge in [0.1, 0.15) is 0 Å². The summed E-state index contributed by atoms with van der Waals surface area (Å²) in [5.74, 6) is 5.80. The molecule has 1 aromatic carbocycles. The monoisotopic (exact) mass is 551 g/mol. The molecular weight excluding hydrogens is 517 g/mol. The molecule has 0 saturated carbocycles. The summed E-state index contributed by atoms with van der Waals surface area (Å²) in [6.45, 7) is 8.00. The SMILES string of the molecule is CCCN(CC1=CC=C([NH+](N)O)CC=C1)Cc1c(C(F)(F)F)nc2n1CCCN2c1c(C)cc(C)cc1Cl. The first-order chi connectivity index (χ1) is 18.0. The summed E-state index contributed by atoms with van der Waals surface area (Å²) in [6.07, 6.45) is 4.77. The number of quaternary nitrogens is 1. The second-order valence-corrected chi connectivity index (χ2v) is 10.3. The lowest BCUT2D eigenvalue weighted by molar-refractivity contribution is -1.07. The van der Waals surface area contributed by atoms with Gasteiger partial charge in [-0.15, -0.1) is 5.84 Å². The highest BCUT2D eigenvalue weighted by Gasteiger charge is 2.41. The number of hydroxylamine groups is 1. The summed E-state index contributed by atoms with van der Waals surface area (Å²) < 4.78 is 44.7. The Kier molecular flexibility index (Phi) is 8.68. The van der Waals surface area contributed by atoms with Gasteiger partial charge in [-0.05, 0) is 56.0 Å². The summed E-state index contributed by atoms with van der Waals surface area (Å²) in [5.41, 5.74) is 3.43. The number of hydrogen-bond acceptors (Lipinski definition) is 5. The molecule has 2 aliphatic rings. The number of rotatable bonds is 8. The Morgan fingerprint density at radius 3 is 2.61 bits per heavy atom. The molecule has 11 heteroatoms. The van der Waals surface area contributed by atoms with Crippen LogP contribution in [0.3, 0.4) is 0 Å². The van der Waals surface area contributed by atoms with Crippen LogP contribution in [0.2, 0.25) is 5.02 Å². The third-order valence-electron chi connectivity index (χ3n) is 6.81. The molecule has 0 bridgehead atoms. The lowest BCUT2D eigenvalue weighted by Gasteiger charge is -2.32. The van der Waals surface area contributed by atoms with Crippen molar-refractivity contribution in [3.8, 4) is 0 Å². The first kappa shape index (κ1) is 28.4. The van der Waals surface area contributed by atoms with Crippen LogP contribution >= 0.6 is 11.6 Å². The van der Waals surface area contributed by atoms with Crippen molar-refractivity contribution in [2.24, 2.45) is 5.84 Å². The fraction of sp³-hybridized carbons (Fsp3) is 0.444. The van der Waals surface area contributed by atoms with Gasteiger partial charge in [-0.1, -0.05) is 48.0 Å². The molecule has 7 nitrogen and oxygen atoms in total. The second kappa shape index (κ2) is 11.6. The first-order valence-electron chi connectivity index (χ1n) is 12.8. The number of benzene rings is 1. The predicted molar refractivity (Wildman–Crippen MR) is 142 cm³/mol. The summed E-state index contributed by atoms with van der Waals surface area (Å²) in [4.78, 5) is 8.01. The van der Waals surface area contributed by atoms with Gasteiger partial charge in [0.2, 0.25) is 5.95 Å². The molecule has 1 aromatic heterocycles. The molecule has 206 valence electrons. The minimum atomic E-state index is -4.59. The maximum Gasteiger partial charge on any atom is 0.435 e. The Hall–Kier alpha value is -2.63. The maximum absolute atomic E-state index is 14.3. The summed E-state index contributed by atoms with van der Waals surface area (Å²) >= 11 is 6.60. The quantitative estimate of drug-likeness (QED) is 0.323. The minimum Gasteiger partial charge on any atom is -0.312 e. The number of imidazole rings is 1. The topological polar surface area (TPSA) is 75.0 Å². The van der Waals surface area contributed by atoms with Gasteiger partial charge in [0.15, 0.2) is 11.4 Å². The molecule has 0 fully saturated rings. The number of aryl methyl sites for hydroxylation is 2. The molecule has 38 heavy (non-hydrogen) atoms. The van der Waals surface area contributed by atoms with Gasteiger partial charge >= 0.3 is 6.18 Å². The van der Waals surface area contributed by atoms with Crippen molar-refractivity contribution in [3.63, 3.8) is 0 Å². The van der Waals surface area contributed by atoms with E-state index >= 15 is 0 Å². The molecular formula is C27H35ClF3N6O+. The molecule has 1 atom stereocenters. The summed E-state index contributed by atoms with van der Waals surface area (Å²) in [6, 6.07) is 3.81. The van der Waals surface area contributed by atoms with Crippen molar-refractivity contribution in [1.29, 1.82) is 0 Å². The number of halogens is 4. The third kappa shape index (κ3) is 6.16. The van der Waals surface area contributed by atoms with E-state index in [-0.39, 0.29) is 23.4 Å². The van der Waals surface area contributed by atoms with Crippen LogP contribution in [0.25, 0.3) is 0 Å². The highest BCUT2D eigenvalue weighted by Crippen LogP contribution is 2.41. The maximum atomic E-state index is 14.3. The molecule has 2 heterocycles. The molecule has 4 rings (SSSR count). The lowest BCUT2D eigenvalue weighted by atomic mass is 10.1. The van der Waals surface area contributed by atoms with E-state index in [9.17, 15) is 18.4 Å². The number of nitrogens with one attached hydrogen (secondary N) is 1. The van der Waals surface area contributed by atoms with Crippen molar-refractivity contribution in [2.75, 3.05) is 24.5 Å². The number of fused-ring (bicyclic) bond motifs is 1. The largest absolute Gasteiger partial charge is 0.435 e. The minimum absolute atomic E-state index is 0.0974. The van der Waals surface area contributed by atoms with Crippen LogP contribution in [0.15, 0.2) is 47.7 Å². The number of nitrogens with two attached hydrogens (primary N) is 1. The Morgan fingerprint density at radius 1 is 1.18 bits per heavy atom. The van der Waals surface area contributed by atoms with Crippen LogP contribution in [0.1, 0.15) is 48.7 Å². The molecule has 0 radical (unpaired) electrons. The smallest absolute Gasteiger partial charge is 0.312 e. The van der Waals surface area contributed by atoms with E-state index in [0.29, 0.717) is 55.4 Å². The van der Waals surface area contributed by atoms with Gasteiger partial charge in [0, 0.05) is 38.7 Å². The highest BCUT2D eigenvalue weighted by molar-refractivity contribution is 6.33. The van der Waals surface area contributed by atoms with Crippen molar-refractivity contribution < 1.29 is 23.6 Å². The van der Waals surface area contributed by atoms with Gasteiger partial charge in [0.25, 0.3) is 0 Å². The van der Waals surface area contributed by atoms with Crippen LogP contribution in [0.5, 0.6) is 0 Å².